The summed E-state index contributed by atoms with van der Waals surface area (Å²) in [5, 5.41) is 17.0. The van der Waals surface area contributed by atoms with E-state index in [-0.39, 0.29) is 5.56 Å². The minimum absolute atomic E-state index is 0.299. The monoisotopic (exact) mass is 172 g/mol. The van der Waals surface area contributed by atoms with Crippen LogP contribution in [0.3, 0.4) is 0 Å². The van der Waals surface area contributed by atoms with Crippen molar-refractivity contribution in [3.05, 3.63) is 35.4 Å². The van der Waals surface area contributed by atoms with Gasteiger partial charge in [0.2, 0.25) is 0 Å². The molecule has 0 heterocycles. The lowest BCUT2D eigenvalue weighted by atomic mass is 9.81. The quantitative estimate of drug-likeness (QED) is 0.638. The summed E-state index contributed by atoms with van der Waals surface area (Å²) in [5.41, 5.74) is -0.299. The minimum Gasteiger partial charge on any atom is -0.427 e. The van der Waals surface area contributed by atoms with Gasteiger partial charge in [-0.1, -0.05) is 6.07 Å². The first-order chi connectivity index (χ1) is 5.61. The zero-order valence-corrected chi connectivity index (χ0v) is 6.17. The maximum atomic E-state index is 12.7. The molecule has 0 aliphatic carbocycles. The third kappa shape index (κ3) is 2.02. The highest BCUT2D eigenvalue weighted by Gasteiger charge is 2.15. The molecule has 0 aliphatic rings. The van der Waals surface area contributed by atoms with Gasteiger partial charge in [-0.15, -0.1) is 0 Å². The molecule has 0 unspecified atom stereocenters. The zero-order chi connectivity index (χ0) is 9.14. The molecule has 0 spiro atoms. The zero-order valence-electron chi connectivity index (χ0n) is 6.17. The van der Waals surface area contributed by atoms with E-state index in [9.17, 15) is 8.78 Å². The number of benzene rings is 1. The fourth-order valence-electron chi connectivity index (χ4n) is 0.910. The van der Waals surface area contributed by atoms with E-state index in [2.05, 4.69) is 0 Å². The van der Waals surface area contributed by atoms with Crippen molar-refractivity contribution >= 4 is 7.12 Å². The molecule has 0 saturated heterocycles. The van der Waals surface area contributed by atoms with Crippen LogP contribution in [0.15, 0.2) is 18.2 Å². The summed E-state index contributed by atoms with van der Waals surface area (Å²) in [6.45, 7) is 0. The van der Waals surface area contributed by atoms with Crippen molar-refractivity contribution in [2.24, 2.45) is 0 Å². The van der Waals surface area contributed by atoms with E-state index in [0.717, 1.165) is 12.1 Å². The lowest BCUT2D eigenvalue weighted by Gasteiger charge is -2.02. The van der Waals surface area contributed by atoms with E-state index >= 15 is 0 Å². The molecular formula is C7H7BF2O2. The summed E-state index contributed by atoms with van der Waals surface area (Å²) in [4.78, 5) is 0. The summed E-state index contributed by atoms with van der Waals surface area (Å²) in [6, 6.07) is 3.36. The van der Waals surface area contributed by atoms with Gasteiger partial charge in [-0.3, -0.25) is 0 Å². The first-order valence-electron chi connectivity index (χ1n) is 3.40. The van der Waals surface area contributed by atoms with Gasteiger partial charge in [0, 0.05) is 11.9 Å². The van der Waals surface area contributed by atoms with Crippen molar-refractivity contribution < 1.29 is 18.8 Å². The van der Waals surface area contributed by atoms with Crippen molar-refractivity contribution in [2.75, 3.05) is 0 Å². The predicted octanol–water partition coefficient (Wildman–Crippen LogP) is 0.519. The van der Waals surface area contributed by atoms with Crippen LogP contribution in [0.2, 0.25) is 0 Å². The Kier molecular flexibility index (Phi) is 2.78. The first kappa shape index (κ1) is 9.16. The standard InChI is InChI=1S/C7H7BF2O2/c9-6-2-1-3-7(10)5(6)4-8(11)12/h1-3,11-12H,4H2. The Bertz CT molecular complexity index is 258. The van der Waals surface area contributed by atoms with Crippen molar-refractivity contribution in [1.82, 2.24) is 0 Å². The molecule has 0 radical (unpaired) electrons. The number of hydrogen-bond acceptors (Lipinski definition) is 2. The Morgan fingerprint density at radius 1 is 1.17 bits per heavy atom. The molecule has 0 atom stereocenters. The largest absolute Gasteiger partial charge is 0.456 e. The lowest BCUT2D eigenvalue weighted by molar-refractivity contribution is 0.401. The third-order valence-corrected chi connectivity index (χ3v) is 1.45. The highest BCUT2D eigenvalue weighted by molar-refractivity contribution is 6.40. The summed E-state index contributed by atoms with van der Waals surface area (Å²) in [5.74, 6) is -1.52. The van der Waals surface area contributed by atoms with E-state index in [1.807, 2.05) is 0 Å². The van der Waals surface area contributed by atoms with Crippen LogP contribution in [0.4, 0.5) is 8.78 Å². The Labute approximate surface area is 68.6 Å². The highest BCUT2D eigenvalue weighted by Crippen LogP contribution is 2.12. The van der Waals surface area contributed by atoms with Crippen LogP contribution in [0.25, 0.3) is 0 Å². The van der Waals surface area contributed by atoms with Crippen LogP contribution >= 0.6 is 0 Å². The first-order valence-corrected chi connectivity index (χ1v) is 3.40. The summed E-state index contributed by atoms with van der Waals surface area (Å²) >= 11 is 0. The molecule has 0 aromatic heterocycles. The van der Waals surface area contributed by atoms with Gasteiger partial charge in [0.25, 0.3) is 0 Å². The number of rotatable bonds is 2. The van der Waals surface area contributed by atoms with E-state index < -0.39 is 25.1 Å². The Morgan fingerprint density at radius 2 is 1.67 bits per heavy atom. The highest BCUT2D eigenvalue weighted by atomic mass is 19.1. The maximum absolute atomic E-state index is 12.7. The Morgan fingerprint density at radius 3 is 2.08 bits per heavy atom. The molecule has 2 N–H and O–H groups in total. The van der Waals surface area contributed by atoms with Gasteiger partial charge >= 0.3 is 7.12 Å². The van der Waals surface area contributed by atoms with Gasteiger partial charge in [0.15, 0.2) is 0 Å². The van der Waals surface area contributed by atoms with Gasteiger partial charge in [-0.25, -0.2) is 8.78 Å². The predicted molar refractivity (Wildman–Crippen MR) is 40.3 cm³/mol. The second kappa shape index (κ2) is 3.64. The number of halogens is 2. The van der Waals surface area contributed by atoms with E-state index in [4.69, 9.17) is 10.0 Å². The third-order valence-electron chi connectivity index (χ3n) is 1.45. The molecule has 0 fully saturated rings. The fourth-order valence-corrected chi connectivity index (χ4v) is 0.910. The van der Waals surface area contributed by atoms with Crippen LogP contribution in [0, 0.1) is 11.6 Å². The van der Waals surface area contributed by atoms with Crippen LogP contribution in [-0.2, 0) is 6.32 Å². The van der Waals surface area contributed by atoms with Crippen LogP contribution in [-0.4, -0.2) is 17.2 Å². The van der Waals surface area contributed by atoms with Crippen molar-refractivity contribution in [3.63, 3.8) is 0 Å². The molecule has 0 bridgehead atoms. The summed E-state index contributed by atoms with van der Waals surface area (Å²) < 4.78 is 25.5. The van der Waals surface area contributed by atoms with E-state index in [0.29, 0.717) is 0 Å². The number of hydrogen-bond donors (Lipinski definition) is 2. The minimum atomic E-state index is -1.73. The van der Waals surface area contributed by atoms with Gasteiger partial charge < -0.3 is 10.0 Å². The second-order valence-corrected chi connectivity index (χ2v) is 2.38. The van der Waals surface area contributed by atoms with Crippen LogP contribution in [0.1, 0.15) is 5.56 Å². The molecule has 64 valence electrons. The molecule has 2 nitrogen and oxygen atoms in total. The van der Waals surface area contributed by atoms with Crippen molar-refractivity contribution in [1.29, 1.82) is 0 Å². The SMILES string of the molecule is OB(O)Cc1c(F)cccc1F. The molecule has 0 amide bonds. The molecule has 1 aromatic rings. The van der Waals surface area contributed by atoms with Gasteiger partial charge in [-0.05, 0) is 12.1 Å². The average Bonchev–Trinajstić information content (AvgIpc) is 1.97. The fraction of sp³-hybridized carbons (Fsp3) is 0.143. The molecule has 12 heavy (non-hydrogen) atoms. The molecule has 0 aliphatic heterocycles. The second-order valence-electron chi connectivity index (χ2n) is 2.38. The molecule has 0 saturated carbocycles. The Balaban J connectivity index is 2.96. The average molecular weight is 172 g/mol. The van der Waals surface area contributed by atoms with E-state index in [1.54, 1.807) is 0 Å². The van der Waals surface area contributed by atoms with Crippen molar-refractivity contribution in [2.45, 2.75) is 6.32 Å². The van der Waals surface area contributed by atoms with Crippen molar-refractivity contribution in [3.8, 4) is 0 Å². The summed E-state index contributed by atoms with van der Waals surface area (Å²) in [7, 11) is -1.73. The topological polar surface area (TPSA) is 40.5 Å². The Hall–Kier alpha value is -0.935. The molecule has 5 heteroatoms. The van der Waals surface area contributed by atoms with Crippen LogP contribution < -0.4 is 0 Å². The lowest BCUT2D eigenvalue weighted by Crippen LogP contribution is -2.17. The summed E-state index contributed by atoms with van der Waals surface area (Å²) in [6.07, 6.45) is -0.432. The van der Waals surface area contributed by atoms with Gasteiger partial charge in [-0.2, -0.15) is 0 Å². The van der Waals surface area contributed by atoms with Gasteiger partial charge in [0.05, 0.1) is 0 Å². The molecular weight excluding hydrogens is 165 g/mol. The smallest absolute Gasteiger partial charge is 0.427 e. The maximum Gasteiger partial charge on any atom is 0.456 e. The molecule has 1 rings (SSSR count). The normalized spacial score (nSPS) is 10.0. The van der Waals surface area contributed by atoms with Gasteiger partial charge in [0.1, 0.15) is 11.6 Å². The molecule has 1 aromatic carbocycles. The van der Waals surface area contributed by atoms with E-state index in [1.165, 1.54) is 6.07 Å². The van der Waals surface area contributed by atoms with Crippen LogP contribution in [0.5, 0.6) is 0 Å².